The summed E-state index contributed by atoms with van der Waals surface area (Å²) in [5.74, 6) is 0.0293. The van der Waals surface area contributed by atoms with Gasteiger partial charge in [-0.15, -0.1) is 0 Å². The first-order valence-electron chi connectivity index (χ1n) is 7.07. The van der Waals surface area contributed by atoms with E-state index in [1.165, 1.54) is 0 Å². The molecule has 0 heterocycles. The lowest BCUT2D eigenvalue weighted by atomic mass is 9.89. The Balaban J connectivity index is 1.99. The Morgan fingerprint density at radius 3 is 2.40 bits per heavy atom. The maximum Gasteiger partial charge on any atom is 0.209 e. The van der Waals surface area contributed by atoms with Crippen LogP contribution >= 0.6 is 0 Å². The first-order valence-corrected chi connectivity index (χ1v) is 8.79. The Morgan fingerprint density at radius 2 is 1.85 bits per heavy atom. The molecule has 1 saturated carbocycles. The zero-order valence-corrected chi connectivity index (χ0v) is 12.7. The van der Waals surface area contributed by atoms with Gasteiger partial charge in [0.15, 0.2) is 0 Å². The number of rotatable bonds is 6. The van der Waals surface area contributed by atoms with Gasteiger partial charge in [-0.05, 0) is 25.3 Å². The molecule has 1 aliphatic carbocycles. The first-order chi connectivity index (χ1) is 9.40. The first kappa shape index (κ1) is 15.5. The lowest BCUT2D eigenvalue weighted by molar-refractivity contribution is 0.00798. The van der Waals surface area contributed by atoms with Gasteiger partial charge in [-0.25, -0.2) is 13.6 Å². The average Bonchev–Trinajstić information content (AvgIpc) is 2.84. The van der Waals surface area contributed by atoms with Crippen LogP contribution in [0.15, 0.2) is 30.3 Å². The molecule has 0 radical (unpaired) electrons. The van der Waals surface area contributed by atoms with Crippen molar-refractivity contribution < 1.29 is 13.2 Å². The van der Waals surface area contributed by atoms with E-state index in [0.29, 0.717) is 6.61 Å². The van der Waals surface area contributed by atoms with E-state index in [0.717, 1.165) is 31.2 Å². The number of hydrogen-bond donors (Lipinski definition) is 1. The minimum atomic E-state index is -3.46. The van der Waals surface area contributed by atoms with Gasteiger partial charge in [0, 0.05) is 5.41 Å². The molecule has 4 nitrogen and oxygen atoms in total. The zero-order chi connectivity index (χ0) is 14.6. The van der Waals surface area contributed by atoms with Gasteiger partial charge in [-0.1, -0.05) is 43.2 Å². The molecule has 0 amide bonds. The predicted molar refractivity (Wildman–Crippen MR) is 79.7 cm³/mol. The molecule has 1 unspecified atom stereocenters. The molecule has 1 aliphatic rings. The van der Waals surface area contributed by atoms with Crippen molar-refractivity contribution in [1.29, 1.82) is 0 Å². The fourth-order valence-corrected chi connectivity index (χ4v) is 4.23. The van der Waals surface area contributed by atoms with Crippen molar-refractivity contribution in [2.24, 2.45) is 10.6 Å². The van der Waals surface area contributed by atoms with Crippen LogP contribution in [0.5, 0.6) is 0 Å². The van der Waals surface area contributed by atoms with Crippen LogP contribution in [-0.2, 0) is 14.8 Å². The van der Waals surface area contributed by atoms with Gasteiger partial charge < -0.3 is 4.74 Å². The Kier molecular flexibility index (Phi) is 4.83. The van der Waals surface area contributed by atoms with Crippen LogP contribution in [0, 0.1) is 5.41 Å². The highest BCUT2D eigenvalue weighted by atomic mass is 32.2. The van der Waals surface area contributed by atoms with E-state index in [9.17, 15) is 8.42 Å². The monoisotopic (exact) mass is 297 g/mol. The number of hydrogen-bond acceptors (Lipinski definition) is 3. The number of sulfonamides is 1. The van der Waals surface area contributed by atoms with Crippen LogP contribution < -0.4 is 5.14 Å². The van der Waals surface area contributed by atoms with Crippen molar-refractivity contribution in [3.05, 3.63) is 35.9 Å². The largest absolute Gasteiger partial charge is 0.373 e. The molecule has 5 heteroatoms. The summed E-state index contributed by atoms with van der Waals surface area (Å²) in [7, 11) is -3.46. The quantitative estimate of drug-likeness (QED) is 0.877. The fraction of sp³-hybridized carbons (Fsp3) is 0.600. The molecule has 0 aliphatic heterocycles. The summed E-state index contributed by atoms with van der Waals surface area (Å²) in [6, 6.07) is 9.96. The molecule has 1 aromatic rings. The summed E-state index contributed by atoms with van der Waals surface area (Å²) in [4.78, 5) is 0. The van der Waals surface area contributed by atoms with E-state index >= 15 is 0 Å². The van der Waals surface area contributed by atoms with E-state index < -0.39 is 10.0 Å². The van der Waals surface area contributed by atoms with Crippen LogP contribution in [0.2, 0.25) is 0 Å². The Hall–Kier alpha value is -0.910. The van der Waals surface area contributed by atoms with Crippen LogP contribution in [0.25, 0.3) is 0 Å². The molecular formula is C15H23NO3S. The van der Waals surface area contributed by atoms with E-state index in [4.69, 9.17) is 9.88 Å². The molecule has 0 aromatic heterocycles. The van der Waals surface area contributed by atoms with Gasteiger partial charge in [-0.3, -0.25) is 0 Å². The molecule has 2 rings (SSSR count). The van der Waals surface area contributed by atoms with Gasteiger partial charge >= 0.3 is 0 Å². The number of ether oxygens (including phenoxy) is 1. The van der Waals surface area contributed by atoms with E-state index in [1.54, 1.807) is 0 Å². The van der Waals surface area contributed by atoms with Gasteiger partial charge in [0.05, 0.1) is 18.5 Å². The maximum absolute atomic E-state index is 11.4. The van der Waals surface area contributed by atoms with Crippen molar-refractivity contribution in [2.75, 3.05) is 12.4 Å². The predicted octanol–water partition coefficient (Wildman–Crippen LogP) is 2.61. The zero-order valence-electron chi connectivity index (χ0n) is 11.9. The van der Waals surface area contributed by atoms with Crippen LogP contribution in [0.1, 0.15) is 44.3 Å². The smallest absolute Gasteiger partial charge is 0.209 e. The third-order valence-corrected chi connectivity index (χ3v) is 5.09. The van der Waals surface area contributed by atoms with E-state index in [2.05, 4.69) is 0 Å². The Bertz CT molecular complexity index is 521. The van der Waals surface area contributed by atoms with Crippen molar-refractivity contribution in [2.45, 2.75) is 38.7 Å². The lowest BCUT2D eigenvalue weighted by Crippen LogP contribution is -2.35. The second-order valence-electron chi connectivity index (χ2n) is 5.88. The number of nitrogens with two attached hydrogens (primary N) is 1. The van der Waals surface area contributed by atoms with Crippen molar-refractivity contribution in [3.8, 4) is 0 Å². The molecule has 0 spiro atoms. The molecular weight excluding hydrogens is 274 g/mol. The summed E-state index contributed by atoms with van der Waals surface area (Å²) in [6.45, 7) is 2.45. The Morgan fingerprint density at radius 1 is 1.25 bits per heavy atom. The summed E-state index contributed by atoms with van der Waals surface area (Å²) in [5.41, 5.74) is 0.813. The van der Waals surface area contributed by atoms with Gasteiger partial charge in [0.1, 0.15) is 0 Å². The second-order valence-corrected chi connectivity index (χ2v) is 7.49. The number of primary sulfonamides is 1. The molecule has 1 fully saturated rings. The van der Waals surface area contributed by atoms with Gasteiger partial charge in [-0.2, -0.15) is 0 Å². The number of benzene rings is 1. The molecule has 112 valence electrons. The van der Waals surface area contributed by atoms with Gasteiger partial charge in [0.2, 0.25) is 10.0 Å². The third-order valence-electron chi connectivity index (χ3n) is 4.08. The highest BCUT2D eigenvalue weighted by Gasteiger charge is 2.38. The summed E-state index contributed by atoms with van der Waals surface area (Å²) in [5, 5.41) is 5.23. The SMILES string of the molecule is CC(OCC1(CS(N)(=O)=O)CCCC1)c1ccccc1. The molecule has 1 atom stereocenters. The van der Waals surface area contributed by atoms with Crippen LogP contribution in [0.3, 0.4) is 0 Å². The Labute approximate surface area is 121 Å². The molecule has 0 bridgehead atoms. The van der Waals surface area contributed by atoms with Crippen LogP contribution in [0.4, 0.5) is 0 Å². The fourth-order valence-electron chi connectivity index (χ4n) is 3.00. The summed E-state index contributed by atoms with van der Waals surface area (Å²) >= 11 is 0. The standard InChI is InChI=1S/C15H23NO3S/c1-13(14-7-3-2-4-8-14)19-11-15(9-5-6-10-15)12-20(16,17)18/h2-4,7-8,13H,5-6,9-12H2,1H3,(H2,16,17,18). The van der Waals surface area contributed by atoms with Crippen molar-refractivity contribution in [1.82, 2.24) is 0 Å². The van der Waals surface area contributed by atoms with Crippen LogP contribution in [-0.4, -0.2) is 20.8 Å². The normalized spacial score (nSPS) is 19.9. The maximum atomic E-state index is 11.4. The molecule has 0 saturated heterocycles. The van der Waals surface area contributed by atoms with E-state index in [-0.39, 0.29) is 17.3 Å². The summed E-state index contributed by atoms with van der Waals surface area (Å²) < 4.78 is 28.8. The summed E-state index contributed by atoms with van der Waals surface area (Å²) in [6.07, 6.45) is 3.83. The third kappa shape index (κ3) is 4.30. The second kappa shape index (κ2) is 6.24. The molecule has 2 N–H and O–H groups in total. The van der Waals surface area contributed by atoms with Crippen molar-refractivity contribution >= 4 is 10.0 Å². The van der Waals surface area contributed by atoms with E-state index in [1.807, 2.05) is 37.3 Å². The average molecular weight is 297 g/mol. The van der Waals surface area contributed by atoms with Gasteiger partial charge in [0.25, 0.3) is 0 Å². The highest BCUT2D eigenvalue weighted by molar-refractivity contribution is 7.89. The van der Waals surface area contributed by atoms with Crippen molar-refractivity contribution in [3.63, 3.8) is 0 Å². The minimum absolute atomic E-state index is 0.0293. The topological polar surface area (TPSA) is 69.4 Å². The highest BCUT2D eigenvalue weighted by Crippen LogP contribution is 2.40. The minimum Gasteiger partial charge on any atom is -0.373 e. The lowest BCUT2D eigenvalue weighted by Gasteiger charge is -2.29. The molecule has 20 heavy (non-hydrogen) atoms. The molecule has 1 aromatic carbocycles.